The van der Waals surface area contributed by atoms with Crippen molar-refractivity contribution in [2.45, 2.75) is 38.0 Å². The monoisotopic (exact) mass is 273 g/mol. The Morgan fingerprint density at radius 2 is 1.95 bits per heavy atom. The predicted octanol–water partition coefficient (Wildman–Crippen LogP) is 3.40. The molecule has 0 radical (unpaired) electrons. The van der Waals surface area contributed by atoms with E-state index in [-0.39, 0.29) is 5.92 Å². The van der Waals surface area contributed by atoms with E-state index < -0.39 is 17.3 Å². The van der Waals surface area contributed by atoms with Crippen molar-refractivity contribution < 1.29 is 18.3 Å². The summed E-state index contributed by atoms with van der Waals surface area (Å²) in [6.07, 6.45) is -4.04. The fourth-order valence-corrected chi connectivity index (χ4v) is 2.85. The molecule has 19 heavy (non-hydrogen) atoms. The minimum absolute atomic E-state index is 0.294. The molecular weight excluding hydrogens is 255 g/mol. The van der Waals surface area contributed by atoms with Crippen LogP contribution in [-0.2, 0) is 6.18 Å². The van der Waals surface area contributed by atoms with Gasteiger partial charge < -0.3 is 10.0 Å². The summed E-state index contributed by atoms with van der Waals surface area (Å²) in [5, 5.41) is 9.88. The molecule has 1 unspecified atom stereocenters. The SMILES string of the molecule is CN1CC(CC(C)(C)O)c2c1cccc2C(F)(F)F. The van der Waals surface area contributed by atoms with Crippen molar-refractivity contribution in [1.82, 2.24) is 0 Å². The number of hydrogen-bond donors (Lipinski definition) is 1. The van der Waals surface area contributed by atoms with Gasteiger partial charge in [0.15, 0.2) is 0 Å². The first-order chi connectivity index (χ1) is 8.59. The Bertz CT molecular complexity index is 477. The first-order valence-corrected chi connectivity index (χ1v) is 6.23. The van der Waals surface area contributed by atoms with Gasteiger partial charge in [0.1, 0.15) is 0 Å². The Morgan fingerprint density at radius 1 is 1.32 bits per heavy atom. The van der Waals surface area contributed by atoms with E-state index in [1.54, 1.807) is 27.0 Å². The molecule has 106 valence electrons. The first-order valence-electron chi connectivity index (χ1n) is 6.23. The second-order valence-corrected chi connectivity index (χ2v) is 5.83. The van der Waals surface area contributed by atoms with Crippen molar-refractivity contribution in [1.29, 1.82) is 0 Å². The van der Waals surface area contributed by atoms with E-state index in [2.05, 4.69) is 0 Å². The van der Waals surface area contributed by atoms with E-state index >= 15 is 0 Å². The van der Waals surface area contributed by atoms with Gasteiger partial charge in [0.25, 0.3) is 0 Å². The van der Waals surface area contributed by atoms with Gasteiger partial charge in [0.2, 0.25) is 0 Å². The van der Waals surface area contributed by atoms with Crippen LogP contribution in [0.25, 0.3) is 0 Å². The molecule has 1 heterocycles. The molecule has 1 aromatic carbocycles. The average Bonchev–Trinajstić information content (AvgIpc) is 2.52. The van der Waals surface area contributed by atoms with E-state index in [9.17, 15) is 18.3 Å². The molecule has 0 spiro atoms. The molecule has 1 N–H and O–H groups in total. The van der Waals surface area contributed by atoms with Crippen LogP contribution in [0.4, 0.5) is 18.9 Å². The second-order valence-electron chi connectivity index (χ2n) is 5.83. The summed E-state index contributed by atoms with van der Waals surface area (Å²) in [5.74, 6) is -0.294. The molecule has 2 nitrogen and oxygen atoms in total. The lowest BCUT2D eigenvalue weighted by molar-refractivity contribution is -0.138. The molecule has 1 aliphatic rings. The highest BCUT2D eigenvalue weighted by Crippen LogP contribution is 2.46. The Hall–Kier alpha value is -1.23. The van der Waals surface area contributed by atoms with Gasteiger partial charge in [0, 0.05) is 25.2 Å². The van der Waals surface area contributed by atoms with E-state index in [1.165, 1.54) is 6.07 Å². The van der Waals surface area contributed by atoms with Crippen LogP contribution in [0.15, 0.2) is 18.2 Å². The van der Waals surface area contributed by atoms with E-state index in [0.717, 1.165) is 6.07 Å². The van der Waals surface area contributed by atoms with E-state index in [4.69, 9.17) is 0 Å². The van der Waals surface area contributed by atoms with Crippen LogP contribution in [0.5, 0.6) is 0 Å². The molecule has 0 saturated heterocycles. The zero-order valence-electron chi connectivity index (χ0n) is 11.3. The molecule has 0 amide bonds. The minimum Gasteiger partial charge on any atom is -0.390 e. The number of hydrogen-bond acceptors (Lipinski definition) is 2. The number of nitrogens with zero attached hydrogens (tertiary/aromatic N) is 1. The first kappa shape index (κ1) is 14.2. The van der Waals surface area contributed by atoms with Gasteiger partial charge in [-0.25, -0.2) is 0 Å². The minimum atomic E-state index is -4.35. The summed E-state index contributed by atoms with van der Waals surface area (Å²) in [6, 6.07) is 4.26. The van der Waals surface area contributed by atoms with Gasteiger partial charge in [0.05, 0.1) is 11.2 Å². The standard InChI is InChI=1S/C14H18F3NO/c1-13(2,19)7-9-8-18(3)11-6-4-5-10(12(9)11)14(15,16)17/h4-6,9,19H,7-8H2,1-3H3. The quantitative estimate of drug-likeness (QED) is 0.892. The zero-order chi connectivity index (χ0) is 14.4. The number of fused-ring (bicyclic) bond motifs is 1. The van der Waals surface area contributed by atoms with Crippen LogP contribution in [0.3, 0.4) is 0 Å². The van der Waals surface area contributed by atoms with Crippen molar-refractivity contribution in [2.24, 2.45) is 0 Å². The number of benzene rings is 1. The Morgan fingerprint density at radius 3 is 2.47 bits per heavy atom. The molecule has 1 aliphatic heterocycles. The van der Waals surface area contributed by atoms with Crippen LogP contribution >= 0.6 is 0 Å². The zero-order valence-corrected chi connectivity index (χ0v) is 11.3. The lowest BCUT2D eigenvalue weighted by Crippen LogP contribution is -2.25. The number of alkyl halides is 3. The van der Waals surface area contributed by atoms with E-state index in [0.29, 0.717) is 24.2 Å². The fourth-order valence-electron chi connectivity index (χ4n) is 2.85. The average molecular weight is 273 g/mol. The lowest BCUT2D eigenvalue weighted by atomic mass is 9.87. The maximum absolute atomic E-state index is 13.1. The third kappa shape index (κ3) is 2.86. The van der Waals surface area contributed by atoms with Crippen molar-refractivity contribution in [3.05, 3.63) is 29.3 Å². The van der Waals surface area contributed by atoms with Crippen LogP contribution in [0.1, 0.15) is 37.3 Å². The van der Waals surface area contributed by atoms with Gasteiger partial charge in [-0.15, -0.1) is 0 Å². The van der Waals surface area contributed by atoms with Crippen LogP contribution in [0, 0.1) is 0 Å². The van der Waals surface area contributed by atoms with Gasteiger partial charge in [-0.05, 0) is 38.0 Å². The Labute approximate surface area is 110 Å². The molecule has 1 atom stereocenters. The summed E-state index contributed by atoms with van der Waals surface area (Å²) in [7, 11) is 1.78. The molecule has 0 aliphatic carbocycles. The molecular formula is C14H18F3NO. The lowest BCUT2D eigenvalue weighted by Gasteiger charge is -2.23. The largest absolute Gasteiger partial charge is 0.416 e. The highest BCUT2D eigenvalue weighted by atomic mass is 19.4. The second kappa shape index (κ2) is 4.40. The van der Waals surface area contributed by atoms with Gasteiger partial charge in [-0.2, -0.15) is 13.2 Å². The van der Waals surface area contributed by atoms with Crippen molar-refractivity contribution in [3.63, 3.8) is 0 Å². The van der Waals surface area contributed by atoms with Gasteiger partial charge in [-0.1, -0.05) is 6.07 Å². The number of aliphatic hydroxyl groups is 1. The maximum atomic E-state index is 13.1. The smallest absolute Gasteiger partial charge is 0.390 e. The third-order valence-corrected chi connectivity index (χ3v) is 3.45. The highest BCUT2D eigenvalue weighted by molar-refractivity contribution is 5.63. The molecule has 0 aromatic heterocycles. The van der Waals surface area contributed by atoms with Crippen LogP contribution in [0.2, 0.25) is 0 Å². The van der Waals surface area contributed by atoms with E-state index in [1.807, 2.05) is 4.90 Å². The predicted molar refractivity (Wildman–Crippen MR) is 68.4 cm³/mol. The normalized spacial score (nSPS) is 19.7. The summed E-state index contributed by atoms with van der Waals surface area (Å²) < 4.78 is 39.3. The molecule has 1 aromatic rings. The summed E-state index contributed by atoms with van der Waals surface area (Å²) in [4.78, 5) is 1.82. The molecule has 2 rings (SSSR count). The van der Waals surface area contributed by atoms with Crippen LogP contribution < -0.4 is 4.90 Å². The molecule has 5 heteroatoms. The van der Waals surface area contributed by atoms with Crippen molar-refractivity contribution in [2.75, 3.05) is 18.5 Å². The maximum Gasteiger partial charge on any atom is 0.416 e. The molecule has 0 fully saturated rings. The van der Waals surface area contributed by atoms with Crippen molar-refractivity contribution in [3.8, 4) is 0 Å². The van der Waals surface area contributed by atoms with Gasteiger partial charge in [-0.3, -0.25) is 0 Å². The molecule has 0 saturated carbocycles. The summed E-state index contributed by atoms with van der Waals surface area (Å²) in [6.45, 7) is 3.76. The number of halogens is 3. The van der Waals surface area contributed by atoms with Gasteiger partial charge >= 0.3 is 6.18 Å². The number of rotatable bonds is 2. The van der Waals surface area contributed by atoms with Crippen molar-refractivity contribution >= 4 is 5.69 Å². The Kier molecular flexibility index (Phi) is 3.29. The highest BCUT2D eigenvalue weighted by Gasteiger charge is 2.40. The molecule has 0 bridgehead atoms. The fraction of sp³-hybridized carbons (Fsp3) is 0.571. The summed E-state index contributed by atoms with van der Waals surface area (Å²) >= 11 is 0. The topological polar surface area (TPSA) is 23.5 Å². The number of anilines is 1. The third-order valence-electron chi connectivity index (χ3n) is 3.45. The van der Waals surface area contributed by atoms with Crippen LogP contribution in [-0.4, -0.2) is 24.3 Å². The summed E-state index contributed by atoms with van der Waals surface area (Å²) in [5.41, 5.74) is -0.626. The Balaban J connectivity index is 2.49. The number of likely N-dealkylation sites (N-methyl/N-ethyl adjacent to an activating group) is 1.